The molecular weight excluding hydrogens is 188 g/mol. The smallest absolute Gasteiger partial charge is 0.0645 e. The maximum Gasteiger partial charge on any atom is 0.0645 e. The number of ether oxygens (including phenoxy) is 1. The highest BCUT2D eigenvalue weighted by Gasteiger charge is 2.31. The van der Waals surface area contributed by atoms with E-state index < -0.39 is 0 Å². The average molecular weight is 214 g/mol. The van der Waals surface area contributed by atoms with Gasteiger partial charge >= 0.3 is 0 Å². The minimum atomic E-state index is 0.180. The van der Waals surface area contributed by atoms with Crippen LogP contribution in [0.15, 0.2) is 0 Å². The van der Waals surface area contributed by atoms with Crippen LogP contribution in [0.1, 0.15) is 33.6 Å². The highest BCUT2D eigenvalue weighted by molar-refractivity contribution is 4.85. The molecule has 3 nitrogen and oxygen atoms in total. The molecule has 1 aliphatic rings. The minimum absolute atomic E-state index is 0.180. The summed E-state index contributed by atoms with van der Waals surface area (Å²) in [7, 11) is 0. The molecule has 0 aromatic heterocycles. The van der Waals surface area contributed by atoms with E-state index in [9.17, 15) is 0 Å². The summed E-state index contributed by atoms with van der Waals surface area (Å²) in [4.78, 5) is 2.53. The van der Waals surface area contributed by atoms with E-state index in [0.717, 1.165) is 32.8 Å². The molecular formula is C12H26N2O. The number of nitrogens with two attached hydrogens (primary N) is 1. The predicted octanol–water partition coefficient (Wildman–Crippen LogP) is 1.47. The SMILES string of the molecule is CCCC(CN)CN1CCOCC1(C)C. The molecule has 0 saturated carbocycles. The van der Waals surface area contributed by atoms with Gasteiger partial charge in [-0.2, -0.15) is 0 Å². The molecule has 90 valence electrons. The second-order valence-corrected chi connectivity index (χ2v) is 5.20. The lowest BCUT2D eigenvalue weighted by Crippen LogP contribution is -2.54. The average Bonchev–Trinajstić information content (AvgIpc) is 2.20. The number of nitrogens with zero attached hydrogens (tertiary/aromatic N) is 1. The Morgan fingerprint density at radius 3 is 2.73 bits per heavy atom. The second-order valence-electron chi connectivity index (χ2n) is 5.20. The van der Waals surface area contributed by atoms with Gasteiger partial charge in [-0.3, -0.25) is 4.90 Å². The third-order valence-corrected chi connectivity index (χ3v) is 3.33. The van der Waals surface area contributed by atoms with Crippen molar-refractivity contribution < 1.29 is 4.74 Å². The van der Waals surface area contributed by atoms with Crippen LogP contribution in [0, 0.1) is 5.92 Å². The number of hydrogen-bond donors (Lipinski definition) is 1. The quantitative estimate of drug-likeness (QED) is 0.753. The van der Waals surface area contributed by atoms with Crippen molar-refractivity contribution in [1.29, 1.82) is 0 Å². The Hall–Kier alpha value is -0.120. The van der Waals surface area contributed by atoms with Crippen molar-refractivity contribution in [1.82, 2.24) is 4.90 Å². The summed E-state index contributed by atoms with van der Waals surface area (Å²) in [5.74, 6) is 0.646. The summed E-state index contributed by atoms with van der Waals surface area (Å²) in [5, 5.41) is 0. The fourth-order valence-electron chi connectivity index (χ4n) is 2.23. The molecule has 0 aromatic carbocycles. The van der Waals surface area contributed by atoms with Crippen molar-refractivity contribution in [2.75, 3.05) is 32.8 Å². The maximum absolute atomic E-state index is 5.81. The Bertz CT molecular complexity index is 182. The van der Waals surface area contributed by atoms with Crippen molar-refractivity contribution in [3.05, 3.63) is 0 Å². The highest BCUT2D eigenvalue weighted by atomic mass is 16.5. The Labute approximate surface area is 94.0 Å². The first kappa shape index (κ1) is 12.9. The van der Waals surface area contributed by atoms with Crippen molar-refractivity contribution in [3.8, 4) is 0 Å². The summed E-state index contributed by atoms with van der Waals surface area (Å²) >= 11 is 0. The van der Waals surface area contributed by atoms with Crippen LogP contribution in [-0.4, -0.2) is 43.3 Å². The molecule has 15 heavy (non-hydrogen) atoms. The Balaban J connectivity index is 2.46. The van der Waals surface area contributed by atoms with E-state index in [1.807, 2.05) is 0 Å². The zero-order valence-electron chi connectivity index (χ0n) is 10.5. The van der Waals surface area contributed by atoms with Gasteiger partial charge in [0, 0.05) is 18.6 Å². The van der Waals surface area contributed by atoms with E-state index in [4.69, 9.17) is 10.5 Å². The molecule has 1 atom stereocenters. The predicted molar refractivity (Wildman–Crippen MR) is 63.9 cm³/mol. The van der Waals surface area contributed by atoms with Crippen LogP contribution < -0.4 is 5.73 Å². The summed E-state index contributed by atoms with van der Waals surface area (Å²) in [6.45, 7) is 11.4. The van der Waals surface area contributed by atoms with E-state index in [1.165, 1.54) is 12.8 Å². The zero-order valence-corrected chi connectivity index (χ0v) is 10.5. The van der Waals surface area contributed by atoms with Crippen LogP contribution in [0.5, 0.6) is 0 Å². The third kappa shape index (κ3) is 3.74. The summed E-state index contributed by atoms with van der Waals surface area (Å²) < 4.78 is 5.52. The lowest BCUT2D eigenvalue weighted by atomic mass is 9.97. The Morgan fingerprint density at radius 2 is 2.20 bits per heavy atom. The fourth-order valence-corrected chi connectivity index (χ4v) is 2.23. The Morgan fingerprint density at radius 1 is 1.47 bits per heavy atom. The lowest BCUT2D eigenvalue weighted by molar-refractivity contribution is -0.0571. The minimum Gasteiger partial charge on any atom is -0.378 e. The van der Waals surface area contributed by atoms with Gasteiger partial charge in [0.15, 0.2) is 0 Å². The molecule has 1 aliphatic heterocycles. The highest BCUT2D eigenvalue weighted by Crippen LogP contribution is 2.21. The summed E-state index contributed by atoms with van der Waals surface area (Å²) in [5.41, 5.74) is 5.99. The van der Waals surface area contributed by atoms with Crippen LogP contribution in [0.3, 0.4) is 0 Å². The van der Waals surface area contributed by atoms with Gasteiger partial charge in [-0.15, -0.1) is 0 Å². The van der Waals surface area contributed by atoms with Gasteiger partial charge in [-0.05, 0) is 32.7 Å². The van der Waals surface area contributed by atoms with Crippen LogP contribution in [0.4, 0.5) is 0 Å². The first-order valence-corrected chi connectivity index (χ1v) is 6.13. The topological polar surface area (TPSA) is 38.5 Å². The third-order valence-electron chi connectivity index (χ3n) is 3.33. The molecule has 0 radical (unpaired) electrons. The number of morpholine rings is 1. The van der Waals surface area contributed by atoms with Gasteiger partial charge in [0.2, 0.25) is 0 Å². The molecule has 1 unspecified atom stereocenters. The monoisotopic (exact) mass is 214 g/mol. The second kappa shape index (κ2) is 5.83. The normalized spacial score (nSPS) is 24.0. The standard InChI is InChI=1S/C12H26N2O/c1-4-5-11(8-13)9-14-6-7-15-10-12(14,2)3/h11H,4-10,13H2,1-3H3. The van der Waals surface area contributed by atoms with Gasteiger partial charge in [-0.1, -0.05) is 13.3 Å². The van der Waals surface area contributed by atoms with Crippen molar-refractivity contribution in [2.24, 2.45) is 11.7 Å². The molecule has 0 aliphatic carbocycles. The van der Waals surface area contributed by atoms with Gasteiger partial charge < -0.3 is 10.5 Å². The van der Waals surface area contributed by atoms with Gasteiger partial charge in [0.25, 0.3) is 0 Å². The van der Waals surface area contributed by atoms with Crippen LogP contribution >= 0.6 is 0 Å². The van der Waals surface area contributed by atoms with Gasteiger partial charge in [0.1, 0.15) is 0 Å². The first-order chi connectivity index (χ1) is 7.10. The van der Waals surface area contributed by atoms with Crippen LogP contribution in [0.25, 0.3) is 0 Å². The Kier molecular flexibility index (Phi) is 5.03. The summed E-state index contributed by atoms with van der Waals surface area (Å²) in [6.07, 6.45) is 2.47. The maximum atomic E-state index is 5.81. The van der Waals surface area contributed by atoms with E-state index in [0.29, 0.717) is 5.92 Å². The van der Waals surface area contributed by atoms with E-state index in [-0.39, 0.29) is 5.54 Å². The number of hydrogen-bond acceptors (Lipinski definition) is 3. The molecule has 1 heterocycles. The van der Waals surface area contributed by atoms with Crippen LogP contribution in [0.2, 0.25) is 0 Å². The van der Waals surface area contributed by atoms with Crippen molar-refractivity contribution >= 4 is 0 Å². The molecule has 0 aromatic rings. The molecule has 1 saturated heterocycles. The molecule has 2 N–H and O–H groups in total. The van der Waals surface area contributed by atoms with Crippen molar-refractivity contribution in [2.45, 2.75) is 39.2 Å². The van der Waals surface area contributed by atoms with E-state index in [2.05, 4.69) is 25.7 Å². The molecule has 0 spiro atoms. The lowest BCUT2D eigenvalue weighted by Gasteiger charge is -2.43. The van der Waals surface area contributed by atoms with Crippen molar-refractivity contribution in [3.63, 3.8) is 0 Å². The van der Waals surface area contributed by atoms with Gasteiger partial charge in [-0.25, -0.2) is 0 Å². The molecule has 0 bridgehead atoms. The van der Waals surface area contributed by atoms with Crippen LogP contribution in [-0.2, 0) is 4.74 Å². The van der Waals surface area contributed by atoms with E-state index >= 15 is 0 Å². The molecule has 3 heteroatoms. The molecule has 1 rings (SSSR count). The first-order valence-electron chi connectivity index (χ1n) is 6.13. The molecule has 1 fully saturated rings. The fraction of sp³-hybridized carbons (Fsp3) is 1.00. The zero-order chi connectivity index (χ0) is 11.3. The molecule has 0 amide bonds. The summed E-state index contributed by atoms with van der Waals surface area (Å²) in [6, 6.07) is 0. The van der Waals surface area contributed by atoms with Gasteiger partial charge in [0.05, 0.1) is 13.2 Å². The largest absolute Gasteiger partial charge is 0.378 e. The van der Waals surface area contributed by atoms with E-state index in [1.54, 1.807) is 0 Å². The number of rotatable bonds is 5.